The van der Waals surface area contributed by atoms with E-state index in [9.17, 15) is 0 Å². The first-order chi connectivity index (χ1) is 27.5. The summed E-state index contributed by atoms with van der Waals surface area (Å²) in [6.07, 6.45) is 0. The van der Waals surface area contributed by atoms with Gasteiger partial charge in [-0.3, -0.25) is 0 Å². The van der Waals surface area contributed by atoms with Gasteiger partial charge in [0.1, 0.15) is 0 Å². The summed E-state index contributed by atoms with van der Waals surface area (Å²) in [5, 5.41) is 0. The smallest absolute Gasteiger partial charge is 0.164 e. The molecule has 0 aliphatic heterocycles. The lowest BCUT2D eigenvalue weighted by atomic mass is 9.80. The van der Waals surface area contributed by atoms with Gasteiger partial charge in [0, 0.05) is 37.4 Å². The van der Waals surface area contributed by atoms with Crippen LogP contribution in [0.5, 0.6) is 0 Å². The number of aromatic nitrogens is 3. The Hall–Kier alpha value is -6.75. The zero-order chi connectivity index (χ0) is 37.6. The van der Waals surface area contributed by atoms with Crippen molar-refractivity contribution in [2.75, 3.05) is 0 Å². The van der Waals surface area contributed by atoms with E-state index in [1.54, 1.807) is 0 Å². The predicted octanol–water partition coefficient (Wildman–Crippen LogP) is 13.9. The Morgan fingerprint density at radius 3 is 1.38 bits per heavy atom. The van der Waals surface area contributed by atoms with Crippen LogP contribution >= 0.6 is 11.3 Å². The van der Waals surface area contributed by atoms with Gasteiger partial charge in [-0.1, -0.05) is 184 Å². The first-order valence-corrected chi connectivity index (χ1v) is 19.8. The van der Waals surface area contributed by atoms with E-state index in [-0.39, 0.29) is 5.41 Å². The molecule has 0 saturated carbocycles. The normalized spacial score (nSPS) is 12.6. The molecule has 0 bridgehead atoms. The van der Waals surface area contributed by atoms with E-state index < -0.39 is 0 Å². The molecule has 56 heavy (non-hydrogen) atoms. The van der Waals surface area contributed by atoms with Crippen LogP contribution in [0.4, 0.5) is 0 Å². The van der Waals surface area contributed by atoms with Gasteiger partial charge in [-0.05, 0) is 68.3 Å². The predicted molar refractivity (Wildman–Crippen MR) is 233 cm³/mol. The maximum atomic E-state index is 5.02. The summed E-state index contributed by atoms with van der Waals surface area (Å²) in [4.78, 5) is 17.6. The monoisotopic (exact) mass is 735 g/mol. The molecular formula is C52H37N3S. The topological polar surface area (TPSA) is 38.7 Å². The Labute approximate surface area is 331 Å². The van der Waals surface area contributed by atoms with Gasteiger partial charge < -0.3 is 0 Å². The zero-order valence-corrected chi connectivity index (χ0v) is 32.0. The van der Waals surface area contributed by atoms with Crippen molar-refractivity contribution in [3.05, 3.63) is 199 Å². The Bertz CT molecular complexity index is 2800. The van der Waals surface area contributed by atoms with E-state index in [0.717, 1.165) is 22.3 Å². The van der Waals surface area contributed by atoms with Crippen LogP contribution in [0.25, 0.3) is 88.4 Å². The van der Waals surface area contributed by atoms with Crippen molar-refractivity contribution >= 4 is 11.3 Å². The highest BCUT2D eigenvalue weighted by Crippen LogP contribution is 2.60. The summed E-state index contributed by atoms with van der Waals surface area (Å²) in [6.45, 7) is 4.79. The van der Waals surface area contributed by atoms with E-state index in [4.69, 9.17) is 15.0 Å². The number of thiophene rings is 1. The van der Waals surface area contributed by atoms with Gasteiger partial charge >= 0.3 is 0 Å². The molecule has 0 N–H and O–H groups in total. The van der Waals surface area contributed by atoms with Crippen LogP contribution in [0.1, 0.15) is 25.0 Å². The Morgan fingerprint density at radius 1 is 0.357 bits per heavy atom. The summed E-state index contributed by atoms with van der Waals surface area (Å²) >= 11 is 1.92. The van der Waals surface area contributed by atoms with Crippen LogP contribution in [0, 0.1) is 0 Å². The van der Waals surface area contributed by atoms with Crippen molar-refractivity contribution in [1.29, 1.82) is 0 Å². The lowest BCUT2D eigenvalue weighted by Gasteiger charge is -2.23. The number of nitrogens with zero attached hydrogens (tertiary/aromatic N) is 3. The molecule has 2 heterocycles. The largest absolute Gasteiger partial charge is 0.208 e. The molecule has 4 heteroatoms. The van der Waals surface area contributed by atoms with E-state index >= 15 is 0 Å². The molecule has 7 aromatic carbocycles. The minimum absolute atomic E-state index is 0.233. The SMILES string of the molecule is CC1(C)c2cc(-c3cccc(-c4nc(-c5ccccc5)nc(-c5ccccc5)n4)c3)ccc2-c2c(-c3ccccc3)sc(-c3cccc(-c4ccccc4)c3)c21. The second-order valence-electron chi connectivity index (χ2n) is 14.8. The molecule has 0 fully saturated rings. The number of hydrogen-bond donors (Lipinski definition) is 0. The fourth-order valence-electron chi connectivity index (χ4n) is 8.12. The summed E-state index contributed by atoms with van der Waals surface area (Å²) < 4.78 is 0. The van der Waals surface area contributed by atoms with Crippen LogP contribution in [-0.4, -0.2) is 15.0 Å². The molecule has 0 atom stereocenters. The first-order valence-electron chi connectivity index (χ1n) is 19.0. The van der Waals surface area contributed by atoms with E-state index in [2.05, 4.69) is 141 Å². The molecule has 0 radical (unpaired) electrons. The highest BCUT2D eigenvalue weighted by molar-refractivity contribution is 7.19. The zero-order valence-electron chi connectivity index (χ0n) is 31.1. The van der Waals surface area contributed by atoms with Gasteiger partial charge in [0.2, 0.25) is 0 Å². The standard InChI is InChI=1S/C52H37N3S/c1-52(2)44-33-40(39-26-16-28-42(32-39)51-54-49(36-21-11-5-12-22-36)53-50(55-51)37-23-13-6-14-24-37)29-30-43(44)45-46(52)48(56-47(45)35-19-9-4-10-20-35)41-27-15-25-38(31-41)34-17-7-3-8-18-34/h3-33H,1-2H3. The molecule has 3 nitrogen and oxygen atoms in total. The molecule has 2 aromatic heterocycles. The summed E-state index contributed by atoms with van der Waals surface area (Å²) in [5.74, 6) is 1.96. The maximum Gasteiger partial charge on any atom is 0.164 e. The molecule has 0 unspecified atom stereocenters. The Morgan fingerprint density at radius 2 is 0.786 bits per heavy atom. The summed E-state index contributed by atoms with van der Waals surface area (Å²) in [7, 11) is 0. The third-order valence-corrected chi connectivity index (χ3v) is 12.2. The highest BCUT2D eigenvalue weighted by atomic mass is 32.1. The van der Waals surface area contributed by atoms with Crippen LogP contribution in [-0.2, 0) is 5.41 Å². The third kappa shape index (κ3) is 5.96. The Balaban J connectivity index is 1.09. The molecule has 0 amide bonds. The molecule has 1 aliphatic rings. The minimum atomic E-state index is -0.233. The van der Waals surface area contributed by atoms with Crippen LogP contribution < -0.4 is 0 Å². The van der Waals surface area contributed by atoms with Gasteiger partial charge in [-0.15, -0.1) is 11.3 Å². The Kier molecular flexibility index (Phi) is 8.35. The molecule has 9 aromatic rings. The maximum absolute atomic E-state index is 5.02. The number of benzene rings is 7. The number of hydrogen-bond acceptors (Lipinski definition) is 4. The molecule has 266 valence electrons. The fourth-order valence-corrected chi connectivity index (χ4v) is 9.60. The van der Waals surface area contributed by atoms with Crippen molar-refractivity contribution in [2.45, 2.75) is 19.3 Å². The van der Waals surface area contributed by atoms with E-state index in [1.165, 1.54) is 59.8 Å². The molecule has 0 spiro atoms. The van der Waals surface area contributed by atoms with Crippen LogP contribution in [0.15, 0.2) is 188 Å². The van der Waals surface area contributed by atoms with Crippen LogP contribution in [0.3, 0.4) is 0 Å². The van der Waals surface area contributed by atoms with Gasteiger partial charge in [-0.2, -0.15) is 0 Å². The molecule has 1 aliphatic carbocycles. The average molecular weight is 736 g/mol. The summed E-state index contributed by atoms with van der Waals surface area (Å²) in [6, 6.07) is 66.5. The van der Waals surface area contributed by atoms with Crippen LogP contribution in [0.2, 0.25) is 0 Å². The first kappa shape index (κ1) is 33.8. The van der Waals surface area contributed by atoms with Crippen molar-refractivity contribution in [3.8, 4) is 88.4 Å². The molecular weight excluding hydrogens is 699 g/mol. The fraction of sp³-hybridized carbons (Fsp3) is 0.0577. The van der Waals surface area contributed by atoms with Gasteiger partial charge in [0.25, 0.3) is 0 Å². The highest BCUT2D eigenvalue weighted by Gasteiger charge is 2.41. The third-order valence-electron chi connectivity index (χ3n) is 10.9. The second-order valence-corrected chi connectivity index (χ2v) is 15.8. The minimum Gasteiger partial charge on any atom is -0.208 e. The van der Waals surface area contributed by atoms with Crippen molar-refractivity contribution < 1.29 is 0 Å². The quantitative estimate of drug-likeness (QED) is 0.164. The average Bonchev–Trinajstić information content (AvgIpc) is 3.79. The van der Waals surface area contributed by atoms with E-state index in [0.29, 0.717) is 17.5 Å². The number of fused-ring (bicyclic) bond motifs is 3. The summed E-state index contributed by atoms with van der Waals surface area (Å²) in [5.41, 5.74) is 15.3. The van der Waals surface area contributed by atoms with Crippen molar-refractivity contribution in [2.24, 2.45) is 0 Å². The van der Waals surface area contributed by atoms with Crippen molar-refractivity contribution in [3.63, 3.8) is 0 Å². The molecule has 10 rings (SSSR count). The number of rotatable bonds is 7. The lowest BCUT2D eigenvalue weighted by Crippen LogP contribution is -2.15. The van der Waals surface area contributed by atoms with Gasteiger partial charge in [0.15, 0.2) is 17.5 Å². The van der Waals surface area contributed by atoms with Crippen molar-refractivity contribution in [1.82, 2.24) is 15.0 Å². The lowest BCUT2D eigenvalue weighted by molar-refractivity contribution is 0.664. The van der Waals surface area contributed by atoms with Gasteiger partial charge in [0.05, 0.1) is 0 Å². The molecule has 0 saturated heterocycles. The van der Waals surface area contributed by atoms with E-state index in [1.807, 2.05) is 72.0 Å². The van der Waals surface area contributed by atoms with Gasteiger partial charge in [-0.25, -0.2) is 15.0 Å². The second kappa shape index (κ2) is 13.8.